The molecule has 2 rings (SSSR count). The SMILES string of the molecule is FC(F)(F)c1ccc(SCC2CCNCC2)nc1. The average molecular weight is 276 g/mol. The van der Waals surface area contributed by atoms with E-state index in [4.69, 9.17) is 0 Å². The lowest BCUT2D eigenvalue weighted by molar-refractivity contribution is -0.137. The van der Waals surface area contributed by atoms with Gasteiger partial charge in [-0.05, 0) is 44.0 Å². The predicted octanol–water partition coefficient (Wildman–Crippen LogP) is 3.19. The molecule has 1 fully saturated rings. The van der Waals surface area contributed by atoms with Crippen LogP contribution in [0.15, 0.2) is 23.4 Å². The van der Waals surface area contributed by atoms with E-state index in [0.29, 0.717) is 10.9 Å². The molecule has 1 aromatic heterocycles. The Labute approximate surface area is 108 Å². The maximum atomic E-state index is 12.3. The van der Waals surface area contributed by atoms with Gasteiger partial charge in [0.2, 0.25) is 0 Å². The average Bonchev–Trinajstić information content (AvgIpc) is 2.37. The topological polar surface area (TPSA) is 24.9 Å². The largest absolute Gasteiger partial charge is 0.417 e. The molecule has 0 amide bonds. The van der Waals surface area contributed by atoms with E-state index in [0.717, 1.165) is 43.9 Å². The number of alkyl halides is 3. The molecule has 100 valence electrons. The molecule has 1 aliphatic rings. The minimum absolute atomic E-state index is 0.639. The third-order valence-corrected chi connectivity index (χ3v) is 4.16. The van der Waals surface area contributed by atoms with Crippen molar-refractivity contribution in [2.75, 3.05) is 18.8 Å². The van der Waals surface area contributed by atoms with Crippen LogP contribution < -0.4 is 5.32 Å². The van der Waals surface area contributed by atoms with Crippen molar-refractivity contribution in [3.63, 3.8) is 0 Å². The van der Waals surface area contributed by atoms with Crippen molar-refractivity contribution in [1.82, 2.24) is 10.3 Å². The normalized spacial score (nSPS) is 17.9. The zero-order valence-corrected chi connectivity index (χ0v) is 10.7. The van der Waals surface area contributed by atoms with Gasteiger partial charge in [-0.1, -0.05) is 0 Å². The van der Waals surface area contributed by atoms with Gasteiger partial charge in [-0.25, -0.2) is 4.98 Å². The number of thioether (sulfide) groups is 1. The van der Waals surface area contributed by atoms with Crippen molar-refractivity contribution in [2.24, 2.45) is 5.92 Å². The lowest BCUT2D eigenvalue weighted by Crippen LogP contribution is -2.28. The Bertz CT molecular complexity index is 372. The van der Waals surface area contributed by atoms with Gasteiger partial charge < -0.3 is 5.32 Å². The first-order chi connectivity index (χ1) is 8.55. The highest BCUT2D eigenvalue weighted by atomic mass is 32.2. The zero-order chi connectivity index (χ0) is 13.0. The monoisotopic (exact) mass is 276 g/mol. The molecule has 0 spiro atoms. The Morgan fingerprint density at radius 3 is 2.56 bits per heavy atom. The molecule has 18 heavy (non-hydrogen) atoms. The minimum atomic E-state index is -4.30. The van der Waals surface area contributed by atoms with Crippen LogP contribution in [0.5, 0.6) is 0 Å². The van der Waals surface area contributed by atoms with E-state index in [-0.39, 0.29) is 0 Å². The van der Waals surface area contributed by atoms with Crippen LogP contribution in [0.3, 0.4) is 0 Å². The first-order valence-electron chi connectivity index (χ1n) is 5.92. The molecule has 1 aromatic rings. The van der Waals surface area contributed by atoms with Crippen LogP contribution in [0.1, 0.15) is 18.4 Å². The highest BCUT2D eigenvalue weighted by Gasteiger charge is 2.30. The van der Waals surface area contributed by atoms with E-state index >= 15 is 0 Å². The molecule has 0 aliphatic carbocycles. The quantitative estimate of drug-likeness (QED) is 0.858. The Morgan fingerprint density at radius 2 is 2.00 bits per heavy atom. The summed E-state index contributed by atoms with van der Waals surface area (Å²) < 4.78 is 37.0. The van der Waals surface area contributed by atoms with Gasteiger partial charge in [-0.3, -0.25) is 0 Å². The van der Waals surface area contributed by atoms with Crippen molar-refractivity contribution in [3.05, 3.63) is 23.9 Å². The summed E-state index contributed by atoms with van der Waals surface area (Å²) >= 11 is 1.54. The number of piperidine rings is 1. The molecule has 0 unspecified atom stereocenters. The van der Waals surface area contributed by atoms with Crippen LogP contribution in [-0.2, 0) is 6.18 Å². The third-order valence-electron chi connectivity index (χ3n) is 2.99. The second kappa shape index (κ2) is 5.93. The Hall–Kier alpha value is -0.750. The number of rotatable bonds is 3. The van der Waals surface area contributed by atoms with E-state index in [2.05, 4.69) is 10.3 Å². The van der Waals surface area contributed by atoms with Crippen molar-refractivity contribution in [1.29, 1.82) is 0 Å². The first-order valence-corrected chi connectivity index (χ1v) is 6.91. The highest BCUT2D eigenvalue weighted by Crippen LogP contribution is 2.30. The molecule has 0 aromatic carbocycles. The Morgan fingerprint density at radius 1 is 1.28 bits per heavy atom. The summed E-state index contributed by atoms with van der Waals surface area (Å²) in [5, 5.41) is 3.96. The van der Waals surface area contributed by atoms with Gasteiger partial charge in [0, 0.05) is 11.9 Å². The summed E-state index contributed by atoms with van der Waals surface area (Å²) in [6, 6.07) is 2.55. The van der Waals surface area contributed by atoms with E-state index in [1.54, 1.807) is 11.8 Å². The number of aromatic nitrogens is 1. The van der Waals surface area contributed by atoms with Crippen LogP contribution in [-0.4, -0.2) is 23.8 Å². The molecule has 0 atom stereocenters. The van der Waals surface area contributed by atoms with Crippen LogP contribution >= 0.6 is 11.8 Å². The molecule has 1 aliphatic heterocycles. The van der Waals surface area contributed by atoms with Crippen molar-refractivity contribution in [3.8, 4) is 0 Å². The summed E-state index contributed by atoms with van der Waals surface area (Å²) in [7, 11) is 0. The summed E-state index contributed by atoms with van der Waals surface area (Å²) in [6.07, 6.45) is -1.13. The van der Waals surface area contributed by atoms with Crippen molar-refractivity contribution < 1.29 is 13.2 Å². The van der Waals surface area contributed by atoms with Crippen LogP contribution in [0.2, 0.25) is 0 Å². The zero-order valence-electron chi connectivity index (χ0n) is 9.83. The summed E-state index contributed by atoms with van der Waals surface area (Å²) in [5.74, 6) is 1.57. The summed E-state index contributed by atoms with van der Waals surface area (Å²) in [6.45, 7) is 2.07. The van der Waals surface area contributed by atoms with Gasteiger partial charge in [0.15, 0.2) is 0 Å². The number of nitrogens with one attached hydrogen (secondary N) is 1. The van der Waals surface area contributed by atoms with Crippen molar-refractivity contribution >= 4 is 11.8 Å². The maximum absolute atomic E-state index is 12.3. The van der Waals surface area contributed by atoms with Gasteiger partial charge >= 0.3 is 6.18 Å². The number of pyridine rings is 1. The summed E-state index contributed by atoms with van der Waals surface area (Å²) in [5.41, 5.74) is -0.686. The van der Waals surface area contributed by atoms with Gasteiger partial charge in [0.25, 0.3) is 0 Å². The molecule has 0 radical (unpaired) electrons. The number of halogens is 3. The predicted molar refractivity (Wildman–Crippen MR) is 65.6 cm³/mol. The van der Waals surface area contributed by atoms with Gasteiger partial charge in [-0.2, -0.15) is 13.2 Å². The minimum Gasteiger partial charge on any atom is -0.317 e. The molecule has 2 nitrogen and oxygen atoms in total. The van der Waals surface area contributed by atoms with Crippen LogP contribution in [0.4, 0.5) is 13.2 Å². The molecule has 6 heteroatoms. The molecular formula is C12H15F3N2S. The highest BCUT2D eigenvalue weighted by molar-refractivity contribution is 7.99. The number of nitrogens with zero attached hydrogens (tertiary/aromatic N) is 1. The maximum Gasteiger partial charge on any atom is 0.417 e. The Balaban J connectivity index is 1.86. The fraction of sp³-hybridized carbons (Fsp3) is 0.583. The van der Waals surface area contributed by atoms with E-state index < -0.39 is 11.7 Å². The molecule has 2 heterocycles. The smallest absolute Gasteiger partial charge is 0.317 e. The molecule has 0 saturated carbocycles. The van der Waals surface area contributed by atoms with E-state index in [9.17, 15) is 13.2 Å². The second-order valence-electron chi connectivity index (χ2n) is 4.39. The number of hydrogen-bond donors (Lipinski definition) is 1. The van der Waals surface area contributed by atoms with Crippen LogP contribution in [0.25, 0.3) is 0 Å². The standard InChI is InChI=1S/C12H15F3N2S/c13-12(14,15)10-1-2-11(17-7-10)18-8-9-3-5-16-6-4-9/h1-2,7,9,16H,3-6,8H2. The molecule has 1 N–H and O–H groups in total. The van der Waals surface area contributed by atoms with Gasteiger partial charge in [0.05, 0.1) is 10.6 Å². The van der Waals surface area contributed by atoms with Crippen LogP contribution in [0, 0.1) is 5.92 Å². The van der Waals surface area contributed by atoms with Gasteiger partial charge in [0.1, 0.15) is 0 Å². The molecule has 1 saturated heterocycles. The van der Waals surface area contributed by atoms with Gasteiger partial charge in [-0.15, -0.1) is 11.8 Å². The Kier molecular flexibility index (Phi) is 4.50. The summed E-state index contributed by atoms with van der Waals surface area (Å²) in [4.78, 5) is 3.86. The fourth-order valence-corrected chi connectivity index (χ4v) is 2.92. The first kappa shape index (κ1) is 13.7. The molecule has 0 bridgehead atoms. The molecular weight excluding hydrogens is 261 g/mol. The second-order valence-corrected chi connectivity index (χ2v) is 5.43. The van der Waals surface area contributed by atoms with Crippen molar-refractivity contribution in [2.45, 2.75) is 24.0 Å². The van der Waals surface area contributed by atoms with E-state index in [1.165, 1.54) is 6.07 Å². The lowest BCUT2D eigenvalue weighted by Gasteiger charge is -2.21. The lowest BCUT2D eigenvalue weighted by atomic mass is 10.0. The number of hydrogen-bond acceptors (Lipinski definition) is 3. The third kappa shape index (κ3) is 3.88. The van der Waals surface area contributed by atoms with E-state index in [1.807, 2.05) is 0 Å². The fourth-order valence-electron chi connectivity index (χ4n) is 1.88.